The number of nitrogens with one attached hydrogen (secondary N) is 1. The molecule has 5 heteroatoms. The van der Waals surface area contributed by atoms with Gasteiger partial charge in [-0.05, 0) is 42.3 Å². The molecule has 0 saturated heterocycles. The van der Waals surface area contributed by atoms with Crippen LogP contribution in [0.4, 0.5) is 11.4 Å². The number of carbonyl (C=O) groups excluding carboxylic acids is 2. The maximum Gasteiger partial charge on any atom is 0.259 e. The van der Waals surface area contributed by atoms with Gasteiger partial charge in [0.2, 0.25) is 5.91 Å². The minimum atomic E-state index is -0.0630. The molecule has 0 bridgehead atoms. The van der Waals surface area contributed by atoms with Crippen molar-refractivity contribution in [2.45, 2.75) is 20.3 Å². The molecule has 0 unspecified atom stereocenters. The van der Waals surface area contributed by atoms with Gasteiger partial charge in [-0.25, -0.2) is 0 Å². The van der Waals surface area contributed by atoms with Gasteiger partial charge in [-0.2, -0.15) is 0 Å². The monoisotopic (exact) mass is 309 g/mol. The molecule has 0 aliphatic carbocycles. The summed E-state index contributed by atoms with van der Waals surface area (Å²) in [6.07, 6.45) is 4.02. The predicted octanol–water partition coefficient (Wildman–Crippen LogP) is 2.88. The highest BCUT2D eigenvalue weighted by Gasteiger charge is 2.26. The zero-order chi connectivity index (χ0) is 16.4. The lowest BCUT2D eigenvalue weighted by atomic mass is 10.1. The summed E-state index contributed by atoms with van der Waals surface area (Å²) in [5, 5.41) is 2.89. The van der Waals surface area contributed by atoms with Crippen LogP contribution >= 0.6 is 0 Å². The third-order valence-electron chi connectivity index (χ3n) is 3.92. The zero-order valence-electron chi connectivity index (χ0n) is 13.2. The zero-order valence-corrected chi connectivity index (χ0v) is 13.2. The molecule has 0 radical (unpaired) electrons. The second kappa shape index (κ2) is 6.20. The van der Waals surface area contributed by atoms with Crippen molar-refractivity contribution in [2.24, 2.45) is 5.92 Å². The van der Waals surface area contributed by atoms with E-state index in [-0.39, 0.29) is 17.7 Å². The smallest absolute Gasteiger partial charge is 0.259 e. The second-order valence-corrected chi connectivity index (χ2v) is 5.94. The van der Waals surface area contributed by atoms with E-state index in [1.54, 1.807) is 29.4 Å². The number of aromatic nitrogens is 1. The first-order valence-electron chi connectivity index (χ1n) is 7.72. The number of anilines is 2. The largest absolute Gasteiger partial charge is 0.326 e. The van der Waals surface area contributed by atoms with Crippen molar-refractivity contribution >= 4 is 23.2 Å². The van der Waals surface area contributed by atoms with E-state index in [0.717, 1.165) is 23.4 Å². The Morgan fingerprint density at radius 2 is 2.09 bits per heavy atom. The van der Waals surface area contributed by atoms with Crippen LogP contribution in [0, 0.1) is 5.92 Å². The summed E-state index contributed by atoms with van der Waals surface area (Å²) in [6, 6.07) is 9.21. The molecule has 0 atom stereocenters. The summed E-state index contributed by atoms with van der Waals surface area (Å²) >= 11 is 0. The number of hydrogen-bond acceptors (Lipinski definition) is 3. The van der Waals surface area contributed by atoms with Crippen LogP contribution < -0.4 is 10.2 Å². The topological polar surface area (TPSA) is 62.3 Å². The maximum atomic E-state index is 12.6. The van der Waals surface area contributed by atoms with Gasteiger partial charge in [-0.3, -0.25) is 14.6 Å². The van der Waals surface area contributed by atoms with Gasteiger partial charge in [0.05, 0.1) is 5.56 Å². The Balaban J connectivity index is 1.81. The highest BCUT2D eigenvalue weighted by molar-refractivity contribution is 6.07. The minimum absolute atomic E-state index is 0.00811. The van der Waals surface area contributed by atoms with Gasteiger partial charge in [0, 0.05) is 36.2 Å². The summed E-state index contributed by atoms with van der Waals surface area (Å²) in [5.74, 6) is -0.117. The number of rotatable bonds is 3. The molecule has 1 aromatic carbocycles. The van der Waals surface area contributed by atoms with Gasteiger partial charge < -0.3 is 10.2 Å². The lowest BCUT2D eigenvalue weighted by Gasteiger charge is -2.17. The molecule has 3 rings (SSSR count). The first-order valence-corrected chi connectivity index (χ1v) is 7.72. The molecule has 1 aliphatic heterocycles. The van der Waals surface area contributed by atoms with Crippen molar-refractivity contribution in [1.29, 1.82) is 0 Å². The lowest BCUT2D eigenvalue weighted by Crippen LogP contribution is -2.28. The molecule has 2 aromatic rings. The summed E-state index contributed by atoms with van der Waals surface area (Å²) in [6.45, 7) is 4.36. The van der Waals surface area contributed by atoms with Gasteiger partial charge in [0.15, 0.2) is 0 Å². The van der Waals surface area contributed by atoms with Gasteiger partial charge in [-0.1, -0.05) is 13.8 Å². The van der Waals surface area contributed by atoms with Crippen molar-refractivity contribution < 1.29 is 9.59 Å². The van der Waals surface area contributed by atoms with Gasteiger partial charge in [0.25, 0.3) is 5.91 Å². The summed E-state index contributed by atoms with van der Waals surface area (Å²) in [5.41, 5.74) is 3.33. The number of nitrogens with zero attached hydrogens (tertiary/aromatic N) is 2. The average Bonchev–Trinajstić information content (AvgIpc) is 2.98. The van der Waals surface area contributed by atoms with Crippen molar-refractivity contribution in [3.63, 3.8) is 0 Å². The molecule has 1 aromatic heterocycles. The normalized spacial score (nSPS) is 13.1. The Kier molecular flexibility index (Phi) is 4.10. The third-order valence-corrected chi connectivity index (χ3v) is 3.92. The lowest BCUT2D eigenvalue weighted by molar-refractivity contribution is -0.118. The molecule has 5 nitrogen and oxygen atoms in total. The molecule has 118 valence electrons. The summed E-state index contributed by atoms with van der Waals surface area (Å²) in [7, 11) is 0. The Morgan fingerprint density at radius 1 is 1.26 bits per heavy atom. The number of pyridine rings is 1. The van der Waals surface area contributed by atoms with Crippen LogP contribution in [-0.2, 0) is 11.2 Å². The van der Waals surface area contributed by atoms with Crippen molar-refractivity contribution in [3.8, 4) is 0 Å². The molecular weight excluding hydrogens is 290 g/mol. The summed E-state index contributed by atoms with van der Waals surface area (Å²) in [4.78, 5) is 30.1. The fourth-order valence-corrected chi connectivity index (χ4v) is 2.62. The maximum absolute atomic E-state index is 12.6. The van der Waals surface area contributed by atoms with Crippen LogP contribution in [0.3, 0.4) is 0 Å². The number of fused-ring (bicyclic) bond motifs is 1. The number of amides is 2. The highest BCUT2D eigenvalue weighted by atomic mass is 16.2. The van der Waals surface area contributed by atoms with Gasteiger partial charge in [-0.15, -0.1) is 0 Å². The molecule has 1 N–H and O–H groups in total. The van der Waals surface area contributed by atoms with Crippen LogP contribution in [0.2, 0.25) is 0 Å². The average molecular weight is 309 g/mol. The minimum Gasteiger partial charge on any atom is -0.326 e. The third kappa shape index (κ3) is 3.08. The number of benzene rings is 1. The molecule has 0 fully saturated rings. The predicted molar refractivity (Wildman–Crippen MR) is 89.5 cm³/mol. The first kappa shape index (κ1) is 15.2. The Labute approximate surface area is 135 Å². The first-order chi connectivity index (χ1) is 11.1. The van der Waals surface area contributed by atoms with E-state index in [2.05, 4.69) is 10.3 Å². The molecule has 1 aliphatic rings. The fraction of sp³-hybridized carbons (Fsp3) is 0.278. The SMILES string of the molecule is CC(C)C(=O)Nc1ccc2c(c1)CCN2C(=O)c1cccnc1. The van der Waals surface area contributed by atoms with E-state index in [0.29, 0.717) is 12.1 Å². The van der Waals surface area contributed by atoms with Crippen LogP contribution in [0.1, 0.15) is 29.8 Å². The van der Waals surface area contributed by atoms with Crippen LogP contribution in [0.15, 0.2) is 42.7 Å². The van der Waals surface area contributed by atoms with Crippen molar-refractivity contribution in [2.75, 3.05) is 16.8 Å². The molecule has 2 heterocycles. The highest BCUT2D eigenvalue weighted by Crippen LogP contribution is 2.31. The molecule has 0 saturated carbocycles. The number of hydrogen-bond donors (Lipinski definition) is 1. The molecule has 2 amide bonds. The Morgan fingerprint density at radius 3 is 2.78 bits per heavy atom. The second-order valence-electron chi connectivity index (χ2n) is 5.94. The van der Waals surface area contributed by atoms with E-state index in [1.165, 1.54) is 0 Å². The van der Waals surface area contributed by atoms with Crippen LogP contribution in [0.25, 0.3) is 0 Å². The fourth-order valence-electron chi connectivity index (χ4n) is 2.62. The molecular formula is C18H19N3O2. The standard InChI is InChI=1S/C18H19N3O2/c1-12(2)17(22)20-15-5-6-16-13(10-15)7-9-21(16)18(23)14-4-3-8-19-11-14/h3-6,8,10-12H,7,9H2,1-2H3,(H,20,22). The van der Waals surface area contributed by atoms with E-state index >= 15 is 0 Å². The van der Waals surface area contributed by atoms with E-state index < -0.39 is 0 Å². The van der Waals surface area contributed by atoms with Crippen molar-refractivity contribution in [3.05, 3.63) is 53.9 Å². The summed E-state index contributed by atoms with van der Waals surface area (Å²) < 4.78 is 0. The quantitative estimate of drug-likeness (QED) is 0.948. The Hall–Kier alpha value is -2.69. The van der Waals surface area contributed by atoms with Crippen molar-refractivity contribution in [1.82, 2.24) is 4.98 Å². The van der Waals surface area contributed by atoms with Gasteiger partial charge >= 0.3 is 0 Å². The van der Waals surface area contributed by atoms with E-state index in [4.69, 9.17) is 0 Å². The van der Waals surface area contributed by atoms with Crippen LogP contribution in [0.5, 0.6) is 0 Å². The van der Waals surface area contributed by atoms with E-state index in [1.807, 2.05) is 32.0 Å². The van der Waals surface area contributed by atoms with E-state index in [9.17, 15) is 9.59 Å². The van der Waals surface area contributed by atoms with Gasteiger partial charge in [0.1, 0.15) is 0 Å². The number of carbonyl (C=O) groups is 2. The molecule has 23 heavy (non-hydrogen) atoms. The Bertz CT molecular complexity index is 741. The molecule has 0 spiro atoms. The van der Waals surface area contributed by atoms with Crippen LogP contribution in [-0.4, -0.2) is 23.3 Å².